The van der Waals surface area contributed by atoms with Gasteiger partial charge in [0, 0.05) is 31.5 Å². The van der Waals surface area contributed by atoms with Crippen LogP contribution in [0.2, 0.25) is 0 Å². The molecular weight excluding hydrogens is 290 g/mol. The Balaban J connectivity index is 1.91. The first-order valence-electron chi connectivity index (χ1n) is 8.64. The van der Waals surface area contributed by atoms with Gasteiger partial charge in [0.1, 0.15) is 0 Å². The van der Waals surface area contributed by atoms with Gasteiger partial charge < -0.3 is 10.4 Å². The zero-order valence-electron chi connectivity index (χ0n) is 14.2. The molecule has 0 aliphatic heterocycles. The lowest BCUT2D eigenvalue weighted by molar-refractivity contribution is -0.127. The summed E-state index contributed by atoms with van der Waals surface area (Å²) < 4.78 is 0. The molecule has 1 aromatic rings. The van der Waals surface area contributed by atoms with Gasteiger partial charge in [0.2, 0.25) is 5.91 Å². The number of hydrogen-bond donors (Lipinski definition) is 2. The Labute approximate surface area is 139 Å². The number of nitrogens with one attached hydrogen (secondary N) is 1. The Morgan fingerprint density at radius 1 is 1.43 bits per heavy atom. The van der Waals surface area contributed by atoms with Crippen LogP contribution in [0.25, 0.3) is 0 Å². The van der Waals surface area contributed by atoms with E-state index in [1.807, 2.05) is 24.0 Å². The number of hydrogen-bond acceptors (Lipinski definition) is 4. The zero-order chi connectivity index (χ0) is 16.7. The van der Waals surface area contributed by atoms with Crippen molar-refractivity contribution in [2.24, 2.45) is 5.92 Å². The van der Waals surface area contributed by atoms with Crippen molar-refractivity contribution in [1.29, 1.82) is 0 Å². The van der Waals surface area contributed by atoms with Crippen LogP contribution >= 0.6 is 0 Å². The minimum atomic E-state index is -0.262. The van der Waals surface area contributed by atoms with Crippen LogP contribution in [0.15, 0.2) is 24.5 Å². The number of aliphatic hydroxyl groups excluding tert-OH is 1. The summed E-state index contributed by atoms with van der Waals surface area (Å²) in [5.41, 5.74) is 1.05. The third-order valence-corrected chi connectivity index (χ3v) is 4.79. The van der Waals surface area contributed by atoms with E-state index in [0.717, 1.165) is 24.3 Å². The number of nitrogens with zero attached hydrogens (tertiary/aromatic N) is 2. The molecule has 1 aliphatic rings. The second-order valence-corrected chi connectivity index (χ2v) is 6.70. The van der Waals surface area contributed by atoms with Crippen LogP contribution in [0.4, 0.5) is 0 Å². The van der Waals surface area contributed by atoms with Crippen molar-refractivity contribution in [3.05, 3.63) is 30.1 Å². The number of carbonyl (C=O) groups is 1. The molecule has 0 aromatic carbocycles. The Kier molecular flexibility index (Phi) is 6.99. The summed E-state index contributed by atoms with van der Waals surface area (Å²) >= 11 is 0. The van der Waals surface area contributed by atoms with Gasteiger partial charge in [-0.3, -0.25) is 14.7 Å². The van der Waals surface area contributed by atoms with Gasteiger partial charge in [-0.15, -0.1) is 0 Å². The first-order valence-corrected chi connectivity index (χ1v) is 8.64. The highest BCUT2D eigenvalue weighted by atomic mass is 16.3. The summed E-state index contributed by atoms with van der Waals surface area (Å²) in [6, 6.07) is 3.92. The largest absolute Gasteiger partial charge is 0.395 e. The second-order valence-electron chi connectivity index (χ2n) is 6.70. The van der Waals surface area contributed by atoms with Crippen LogP contribution < -0.4 is 5.32 Å². The van der Waals surface area contributed by atoms with E-state index in [4.69, 9.17) is 0 Å². The van der Waals surface area contributed by atoms with Gasteiger partial charge in [-0.1, -0.05) is 13.0 Å². The maximum Gasteiger partial charge on any atom is 0.237 e. The average molecular weight is 319 g/mol. The summed E-state index contributed by atoms with van der Waals surface area (Å²) in [5, 5.41) is 12.5. The van der Waals surface area contributed by atoms with Gasteiger partial charge in [0.25, 0.3) is 0 Å². The molecule has 1 aliphatic carbocycles. The molecule has 5 nitrogen and oxygen atoms in total. The topological polar surface area (TPSA) is 65.5 Å². The third kappa shape index (κ3) is 5.59. The lowest BCUT2D eigenvalue weighted by atomic mass is 9.87. The van der Waals surface area contributed by atoms with E-state index in [2.05, 4.69) is 17.2 Å². The van der Waals surface area contributed by atoms with E-state index in [-0.39, 0.29) is 18.6 Å². The fourth-order valence-electron chi connectivity index (χ4n) is 3.16. The smallest absolute Gasteiger partial charge is 0.237 e. The molecule has 0 bridgehead atoms. The molecule has 1 unspecified atom stereocenters. The lowest BCUT2D eigenvalue weighted by Crippen LogP contribution is -2.49. The quantitative estimate of drug-likeness (QED) is 0.806. The normalized spacial score (nSPS) is 22.8. The van der Waals surface area contributed by atoms with E-state index in [0.29, 0.717) is 19.1 Å². The predicted octanol–water partition coefficient (Wildman–Crippen LogP) is 1.96. The maximum absolute atomic E-state index is 12.5. The predicted molar refractivity (Wildman–Crippen MR) is 90.8 cm³/mol. The summed E-state index contributed by atoms with van der Waals surface area (Å²) in [5.74, 6) is 0.832. The first kappa shape index (κ1) is 17.9. The van der Waals surface area contributed by atoms with Crippen LogP contribution in [-0.4, -0.2) is 46.1 Å². The standard InChI is InChI=1S/C18H29N3O2/c1-14-5-7-17(8-6-14)20-18(23)15(2)21(10-11-22)13-16-4-3-9-19-12-16/h3-4,9,12,14-15,17,22H,5-8,10-11,13H2,1-2H3,(H,20,23). The molecule has 1 atom stereocenters. The first-order chi connectivity index (χ1) is 11.1. The highest BCUT2D eigenvalue weighted by molar-refractivity contribution is 5.81. The van der Waals surface area contributed by atoms with Gasteiger partial charge in [-0.2, -0.15) is 0 Å². The summed E-state index contributed by atoms with van der Waals surface area (Å²) in [6.45, 7) is 5.32. The monoisotopic (exact) mass is 319 g/mol. The molecule has 1 saturated carbocycles. The number of rotatable bonds is 7. The fourth-order valence-corrected chi connectivity index (χ4v) is 3.16. The molecule has 0 spiro atoms. The molecule has 1 fully saturated rings. The summed E-state index contributed by atoms with van der Waals surface area (Å²) in [7, 11) is 0. The van der Waals surface area contributed by atoms with Gasteiger partial charge in [0.15, 0.2) is 0 Å². The van der Waals surface area contributed by atoms with Crippen molar-refractivity contribution < 1.29 is 9.90 Å². The Morgan fingerprint density at radius 2 is 2.17 bits per heavy atom. The van der Waals surface area contributed by atoms with Crippen LogP contribution in [-0.2, 0) is 11.3 Å². The average Bonchev–Trinajstić information content (AvgIpc) is 2.57. The SMILES string of the molecule is CC1CCC(NC(=O)C(C)N(CCO)Cc2cccnc2)CC1. The third-order valence-electron chi connectivity index (χ3n) is 4.79. The van der Waals surface area contributed by atoms with E-state index >= 15 is 0 Å². The zero-order valence-corrected chi connectivity index (χ0v) is 14.2. The summed E-state index contributed by atoms with van der Waals surface area (Å²) in [6.07, 6.45) is 8.06. The molecule has 0 saturated heterocycles. The van der Waals surface area contributed by atoms with E-state index < -0.39 is 0 Å². The number of carbonyl (C=O) groups excluding carboxylic acids is 1. The molecule has 2 rings (SSSR count). The highest BCUT2D eigenvalue weighted by Gasteiger charge is 2.25. The van der Waals surface area contributed by atoms with Crippen LogP contribution in [0.1, 0.15) is 45.1 Å². The fraction of sp³-hybridized carbons (Fsp3) is 0.667. The van der Waals surface area contributed by atoms with Crippen LogP contribution in [0.3, 0.4) is 0 Å². The van der Waals surface area contributed by atoms with E-state index in [1.54, 1.807) is 12.4 Å². The Bertz CT molecular complexity index is 472. The minimum Gasteiger partial charge on any atom is -0.395 e. The molecule has 1 aromatic heterocycles. The molecule has 23 heavy (non-hydrogen) atoms. The molecule has 5 heteroatoms. The summed E-state index contributed by atoms with van der Waals surface area (Å²) in [4.78, 5) is 18.7. The lowest BCUT2D eigenvalue weighted by Gasteiger charge is -2.31. The molecule has 1 amide bonds. The van der Waals surface area contributed by atoms with Gasteiger partial charge in [-0.05, 0) is 50.2 Å². The van der Waals surface area contributed by atoms with Crippen LogP contribution in [0.5, 0.6) is 0 Å². The van der Waals surface area contributed by atoms with Crippen molar-refractivity contribution in [3.63, 3.8) is 0 Å². The molecule has 1 heterocycles. The van der Waals surface area contributed by atoms with Crippen molar-refractivity contribution >= 4 is 5.91 Å². The highest BCUT2D eigenvalue weighted by Crippen LogP contribution is 2.23. The van der Waals surface area contributed by atoms with Gasteiger partial charge in [-0.25, -0.2) is 0 Å². The Hall–Kier alpha value is -1.46. The van der Waals surface area contributed by atoms with E-state index in [9.17, 15) is 9.90 Å². The van der Waals surface area contributed by atoms with Gasteiger partial charge >= 0.3 is 0 Å². The van der Waals surface area contributed by atoms with Crippen molar-refractivity contribution in [2.45, 2.75) is 58.2 Å². The molecule has 0 radical (unpaired) electrons. The molecule has 128 valence electrons. The van der Waals surface area contributed by atoms with Crippen LogP contribution in [0, 0.1) is 5.92 Å². The van der Waals surface area contributed by atoms with Crippen molar-refractivity contribution in [1.82, 2.24) is 15.2 Å². The van der Waals surface area contributed by atoms with Gasteiger partial charge in [0.05, 0.1) is 12.6 Å². The van der Waals surface area contributed by atoms with Crippen molar-refractivity contribution in [3.8, 4) is 0 Å². The minimum absolute atomic E-state index is 0.0405. The number of amides is 1. The van der Waals surface area contributed by atoms with E-state index in [1.165, 1.54) is 12.8 Å². The Morgan fingerprint density at radius 3 is 2.78 bits per heavy atom. The van der Waals surface area contributed by atoms with Crippen molar-refractivity contribution in [2.75, 3.05) is 13.2 Å². The second kappa shape index (κ2) is 8.99. The number of aromatic nitrogens is 1. The maximum atomic E-state index is 12.5. The molecule has 2 N–H and O–H groups in total. The number of aliphatic hydroxyl groups is 1. The number of pyridine rings is 1. The molecular formula is C18H29N3O2.